The number of carbonyl (C=O) groups is 4. The molecule has 4 fully saturated rings. The summed E-state index contributed by atoms with van der Waals surface area (Å²) in [5, 5.41) is 70.0. The molecule has 0 spiro atoms. The number of hydrogen-bond acceptors (Lipinski definition) is 15. The van der Waals surface area contributed by atoms with Gasteiger partial charge in [-0.05, 0) is 123 Å². The molecule has 1 aromatic heterocycles. The fourth-order valence-electron chi connectivity index (χ4n) is 14.0. The van der Waals surface area contributed by atoms with Gasteiger partial charge in [-0.15, -0.1) is 0 Å². The van der Waals surface area contributed by atoms with Crippen LogP contribution >= 0.6 is 0 Å². The van der Waals surface area contributed by atoms with E-state index in [1.54, 1.807) is 24.3 Å². The number of phenols is 3. The largest absolute Gasteiger partial charge is 0.508 e. The highest BCUT2D eigenvalue weighted by molar-refractivity contribution is 6.01. The van der Waals surface area contributed by atoms with E-state index in [0.29, 0.717) is 42.6 Å². The van der Waals surface area contributed by atoms with Gasteiger partial charge in [-0.1, -0.05) is 83.6 Å². The molecule has 0 unspecified atom stereocenters. The number of rotatable bonds is 9. The molecule has 3 saturated carbocycles. The Balaban J connectivity index is 0.000000152. The second-order valence-corrected chi connectivity index (χ2v) is 22.9. The number of cyclic esters (lactones) is 1. The number of aliphatic hydroxyl groups is 4. The highest BCUT2D eigenvalue weighted by Crippen LogP contribution is 2.67. The van der Waals surface area contributed by atoms with Gasteiger partial charge in [0.05, 0.1) is 30.1 Å². The molecule has 404 valence electrons. The number of phenolic OH excluding ortho intramolecular Hbond substituents is 3. The molecule has 1 aliphatic heterocycles. The first-order chi connectivity index (χ1) is 35.5. The second-order valence-electron chi connectivity index (χ2n) is 22.9. The molecular formula is C60H74O15. The lowest BCUT2D eigenvalue weighted by atomic mass is 9.46. The van der Waals surface area contributed by atoms with Gasteiger partial charge in [-0.3, -0.25) is 24.0 Å². The van der Waals surface area contributed by atoms with Crippen molar-refractivity contribution in [1.29, 1.82) is 0 Å². The lowest BCUT2D eigenvalue weighted by Crippen LogP contribution is -2.61. The third kappa shape index (κ3) is 10.8. The third-order valence-corrected chi connectivity index (χ3v) is 18.2. The molecule has 15 heteroatoms. The molecule has 2 aromatic carbocycles. The van der Waals surface area contributed by atoms with Crippen LogP contribution in [0.2, 0.25) is 0 Å². The van der Waals surface area contributed by atoms with Gasteiger partial charge >= 0.3 is 11.9 Å². The predicted octanol–water partition coefficient (Wildman–Crippen LogP) is 8.33. The van der Waals surface area contributed by atoms with Crippen molar-refractivity contribution in [3.8, 4) is 28.4 Å². The fraction of sp³-hybridized carbons (Fsp3) is 0.550. The topological polar surface area (TPSA) is 259 Å². The summed E-state index contributed by atoms with van der Waals surface area (Å²) in [4.78, 5) is 60.8. The minimum atomic E-state index is -1.56. The Kier molecular flexibility index (Phi) is 16.2. The highest BCUT2D eigenvalue weighted by Gasteiger charge is 2.68. The summed E-state index contributed by atoms with van der Waals surface area (Å²) in [6.07, 6.45) is 18.6. The fourth-order valence-corrected chi connectivity index (χ4v) is 14.0. The molecule has 7 aliphatic rings. The number of Topliss-reactive ketones (excluding diaryl/α,β-unsaturated/α-hetero) is 1. The molecule has 2 heterocycles. The summed E-state index contributed by atoms with van der Waals surface area (Å²) in [5.74, 6) is 0.0946. The summed E-state index contributed by atoms with van der Waals surface area (Å²) >= 11 is 0. The van der Waals surface area contributed by atoms with Gasteiger partial charge in [0.25, 0.3) is 0 Å². The maximum absolute atomic E-state index is 12.5. The maximum Gasteiger partial charge on any atom is 0.308 e. The van der Waals surface area contributed by atoms with Crippen LogP contribution in [0.25, 0.3) is 22.1 Å². The number of benzene rings is 2. The third-order valence-electron chi connectivity index (χ3n) is 18.2. The minimum Gasteiger partial charge on any atom is -0.508 e. The second kappa shape index (κ2) is 22.0. The molecule has 10 rings (SSSR count). The number of fused-ring (bicyclic) bond motifs is 7. The van der Waals surface area contributed by atoms with Crippen LogP contribution in [0.4, 0.5) is 0 Å². The van der Waals surface area contributed by atoms with Crippen molar-refractivity contribution in [2.45, 2.75) is 142 Å². The highest BCUT2D eigenvalue weighted by atomic mass is 16.6. The van der Waals surface area contributed by atoms with E-state index in [4.69, 9.17) is 13.9 Å². The van der Waals surface area contributed by atoms with Gasteiger partial charge in [0.1, 0.15) is 58.9 Å². The minimum absolute atomic E-state index is 0.00775. The van der Waals surface area contributed by atoms with Crippen LogP contribution in [0.15, 0.2) is 99.5 Å². The average molecular weight is 1040 g/mol. The van der Waals surface area contributed by atoms with Crippen LogP contribution in [0.5, 0.6) is 17.2 Å². The van der Waals surface area contributed by atoms with Crippen LogP contribution in [0.1, 0.15) is 112 Å². The van der Waals surface area contributed by atoms with Gasteiger partial charge in [0, 0.05) is 41.2 Å². The van der Waals surface area contributed by atoms with Gasteiger partial charge in [0.15, 0.2) is 11.6 Å². The Hall–Kier alpha value is -5.87. The van der Waals surface area contributed by atoms with Gasteiger partial charge < -0.3 is 49.6 Å². The van der Waals surface area contributed by atoms with Gasteiger partial charge in [0.2, 0.25) is 5.43 Å². The summed E-state index contributed by atoms with van der Waals surface area (Å²) in [7, 11) is 0. The number of aliphatic hydroxyl groups excluding tert-OH is 3. The van der Waals surface area contributed by atoms with Gasteiger partial charge in [-0.25, -0.2) is 0 Å². The molecule has 1 saturated heterocycles. The number of ether oxygens (including phenoxy) is 2. The standard InChI is InChI=1S/C24H36O5.C21H28O5.C15H10O5/c1-5-15(3)24(27)29-21-11-14(2)10-17-7-6-16(4)20(23(17)21)9-8-19-12-18(25)13-22(26)28-19;1-19-7-5-13(23)9-12(19)3-4-14-15-6-8-21(26,17(25)11-22)20(15,2)10-16(24)18(14)19;16-9-3-1-8(2-4-9)11-7-20-13-6-10(17)5-12(18)14(13)15(11)19/h6-7,10,14-16,18-21,23,25H,5,8-9,11-13H2,1-4H3;5,7,9,14-16,18,22,24,26H,3-4,6,8,10-11H2,1-2H3;1-7,16-18H/t14-,15-,16-,18+,19+,20-,21-,23-;14-,15-,16-,18+,19-,20-,21-;/m00./s1. The normalized spacial score (nSPS) is 34.8. The summed E-state index contributed by atoms with van der Waals surface area (Å²) in [6.45, 7) is 11.7. The molecule has 3 aromatic rings. The smallest absolute Gasteiger partial charge is 0.308 e. The molecule has 15 atom stereocenters. The number of esters is 2. The molecule has 6 aliphatic carbocycles. The molecule has 75 heavy (non-hydrogen) atoms. The van der Waals surface area contributed by atoms with Crippen molar-refractivity contribution in [3.05, 3.63) is 100 Å². The first kappa shape index (κ1) is 55.4. The SMILES string of the molecule is CC[C@H](C)C(=O)O[C@H]1C[C@@H](C)C=C2C=C[C@H](C)[C@H](CC[C@@H]3C[C@@H](O)CC(=O)O3)[C@H]21.C[C@]12C=CC(=O)C=C1CC[C@@H]1[C@@H]2[C@@H](O)C[C@@]2(C)[C@H]1CC[C@]2(O)C(=O)CO.O=c1c(-c2ccc(O)cc2)coc2cc(O)cc(O)c12. The Morgan fingerprint density at radius 1 is 0.947 bits per heavy atom. The van der Waals surface area contributed by atoms with Crippen molar-refractivity contribution >= 4 is 34.5 Å². The zero-order valence-corrected chi connectivity index (χ0v) is 43.8. The Morgan fingerprint density at radius 2 is 1.68 bits per heavy atom. The number of carbonyl (C=O) groups excluding carboxylic acids is 4. The quantitative estimate of drug-likeness (QED) is 0.0994. The summed E-state index contributed by atoms with van der Waals surface area (Å²) < 4.78 is 16.8. The molecule has 15 nitrogen and oxygen atoms in total. The first-order valence-corrected chi connectivity index (χ1v) is 26.7. The van der Waals surface area contributed by atoms with Gasteiger partial charge in [-0.2, -0.15) is 0 Å². The summed E-state index contributed by atoms with van der Waals surface area (Å²) in [5.41, 5.74) is 0.253. The van der Waals surface area contributed by atoms with Crippen molar-refractivity contribution in [2.75, 3.05) is 6.61 Å². The predicted molar refractivity (Wildman–Crippen MR) is 279 cm³/mol. The Labute approximate surface area is 437 Å². The molecule has 0 amide bonds. The van der Waals surface area contributed by atoms with Crippen molar-refractivity contribution in [2.24, 2.45) is 58.2 Å². The lowest BCUT2D eigenvalue weighted by Gasteiger charge is -2.59. The van der Waals surface area contributed by atoms with E-state index >= 15 is 0 Å². The van der Waals surface area contributed by atoms with Crippen molar-refractivity contribution < 1.29 is 68.8 Å². The maximum atomic E-state index is 12.5. The van der Waals surface area contributed by atoms with Crippen molar-refractivity contribution in [1.82, 2.24) is 0 Å². The lowest BCUT2D eigenvalue weighted by molar-refractivity contribution is -0.178. The zero-order chi connectivity index (χ0) is 54.3. The molecule has 0 bridgehead atoms. The molecule has 7 N–H and O–H groups in total. The molecular weight excluding hydrogens is 961 g/mol. The number of aromatic hydroxyl groups is 3. The van der Waals surface area contributed by atoms with E-state index in [2.05, 4.69) is 39.0 Å². The monoisotopic (exact) mass is 1030 g/mol. The summed E-state index contributed by atoms with van der Waals surface area (Å²) in [6, 6.07) is 8.40. The van der Waals surface area contributed by atoms with Crippen LogP contribution in [0.3, 0.4) is 0 Å². The first-order valence-electron chi connectivity index (χ1n) is 26.7. The molecule has 0 radical (unpaired) electrons. The van der Waals surface area contributed by atoms with E-state index in [9.17, 15) is 59.7 Å². The number of ketones is 2. The van der Waals surface area contributed by atoms with E-state index in [-0.39, 0.29) is 105 Å². The van der Waals surface area contributed by atoms with Crippen LogP contribution in [0, 0.1) is 58.2 Å². The zero-order valence-electron chi connectivity index (χ0n) is 43.8. The Morgan fingerprint density at radius 3 is 2.37 bits per heavy atom. The van der Waals surface area contributed by atoms with Crippen LogP contribution in [-0.2, 0) is 28.7 Å². The Bertz CT molecular complexity index is 2840. The number of hydrogen-bond donors (Lipinski definition) is 7. The average Bonchev–Trinajstić information content (AvgIpc) is 3.70. The van der Waals surface area contributed by atoms with E-state index in [0.717, 1.165) is 56.6 Å². The van der Waals surface area contributed by atoms with E-state index < -0.39 is 41.0 Å². The van der Waals surface area contributed by atoms with Crippen molar-refractivity contribution in [3.63, 3.8) is 0 Å². The van der Waals surface area contributed by atoms with Crippen LogP contribution < -0.4 is 5.43 Å². The number of allylic oxidation sites excluding steroid dienone is 7. The van der Waals surface area contributed by atoms with E-state index in [1.807, 2.05) is 26.8 Å². The van der Waals surface area contributed by atoms with Crippen LogP contribution in [-0.4, -0.2) is 95.9 Å². The van der Waals surface area contributed by atoms with E-state index in [1.165, 1.54) is 30.0 Å².